The second-order valence-electron chi connectivity index (χ2n) is 5.12. The smallest absolute Gasteiger partial charge is 0.234 e. The Morgan fingerprint density at radius 1 is 1.17 bits per heavy atom. The van der Waals surface area contributed by atoms with Gasteiger partial charge in [0, 0.05) is 17.0 Å². The van der Waals surface area contributed by atoms with Gasteiger partial charge in [-0.05, 0) is 36.4 Å². The van der Waals surface area contributed by atoms with Crippen LogP contribution in [0.3, 0.4) is 0 Å². The van der Waals surface area contributed by atoms with Crippen LogP contribution in [0.5, 0.6) is 11.5 Å². The van der Waals surface area contributed by atoms with Crippen LogP contribution in [-0.2, 0) is 4.79 Å². The van der Waals surface area contributed by atoms with Crippen LogP contribution in [0.15, 0.2) is 41.3 Å². The number of halogens is 2. The highest BCUT2D eigenvalue weighted by Crippen LogP contribution is 2.33. The van der Waals surface area contributed by atoms with Crippen LogP contribution in [0.4, 0.5) is 10.1 Å². The van der Waals surface area contributed by atoms with Gasteiger partial charge in [0.25, 0.3) is 0 Å². The van der Waals surface area contributed by atoms with Gasteiger partial charge < -0.3 is 14.8 Å². The summed E-state index contributed by atoms with van der Waals surface area (Å²) in [5, 5.41) is 2.66. The standard InChI is InChI=1S/C17H15ClFNO3S/c18-13-8-11(2-4-14(13)19)20-17(21)10-24-12-3-5-15-16(9-12)23-7-1-6-22-15/h2-5,8-9H,1,6-7,10H2,(H,20,21). The van der Waals surface area contributed by atoms with Crippen LogP contribution in [-0.4, -0.2) is 24.9 Å². The van der Waals surface area contributed by atoms with Crippen molar-refractivity contribution in [1.82, 2.24) is 0 Å². The molecule has 2 aromatic rings. The lowest BCUT2D eigenvalue weighted by Gasteiger charge is -2.09. The molecule has 0 radical (unpaired) electrons. The second kappa shape index (κ2) is 7.77. The Bertz CT molecular complexity index is 757. The molecule has 0 saturated heterocycles. The Labute approximate surface area is 148 Å². The number of rotatable bonds is 4. The van der Waals surface area contributed by atoms with Gasteiger partial charge in [0.05, 0.1) is 24.0 Å². The van der Waals surface area contributed by atoms with Crippen molar-refractivity contribution < 1.29 is 18.7 Å². The summed E-state index contributed by atoms with van der Waals surface area (Å²) in [7, 11) is 0. The molecule has 1 aliphatic rings. The van der Waals surface area contributed by atoms with E-state index >= 15 is 0 Å². The van der Waals surface area contributed by atoms with Gasteiger partial charge in [0.1, 0.15) is 5.82 Å². The summed E-state index contributed by atoms with van der Waals surface area (Å²) in [5.74, 6) is 0.922. The van der Waals surface area contributed by atoms with E-state index in [1.54, 1.807) is 0 Å². The molecule has 1 N–H and O–H groups in total. The summed E-state index contributed by atoms with van der Waals surface area (Å²) in [5.41, 5.74) is 0.464. The summed E-state index contributed by atoms with van der Waals surface area (Å²) in [6, 6.07) is 9.67. The minimum Gasteiger partial charge on any atom is -0.490 e. The minimum absolute atomic E-state index is 0.0247. The molecule has 3 rings (SSSR count). The molecule has 0 aromatic heterocycles. The van der Waals surface area contributed by atoms with Crippen molar-refractivity contribution >= 4 is 35.0 Å². The topological polar surface area (TPSA) is 47.6 Å². The second-order valence-corrected chi connectivity index (χ2v) is 6.58. The molecule has 0 bridgehead atoms. The van der Waals surface area contributed by atoms with Crippen LogP contribution in [0, 0.1) is 5.82 Å². The Morgan fingerprint density at radius 2 is 1.96 bits per heavy atom. The van der Waals surface area contributed by atoms with Crippen molar-refractivity contribution in [3.05, 3.63) is 47.2 Å². The Kier molecular flexibility index (Phi) is 5.48. The van der Waals surface area contributed by atoms with Crippen molar-refractivity contribution in [3.8, 4) is 11.5 Å². The highest BCUT2D eigenvalue weighted by molar-refractivity contribution is 8.00. The molecule has 4 nitrogen and oxygen atoms in total. The molecule has 126 valence electrons. The third kappa shape index (κ3) is 4.33. The molecule has 1 amide bonds. The number of ether oxygens (including phenoxy) is 2. The SMILES string of the molecule is O=C(CSc1ccc2c(c1)OCCCO2)Nc1ccc(F)c(Cl)c1. The molecule has 24 heavy (non-hydrogen) atoms. The van der Waals surface area contributed by atoms with E-state index in [2.05, 4.69) is 5.32 Å². The lowest BCUT2D eigenvalue weighted by atomic mass is 10.3. The van der Waals surface area contributed by atoms with Crippen molar-refractivity contribution in [3.63, 3.8) is 0 Å². The Balaban J connectivity index is 1.58. The summed E-state index contributed by atoms with van der Waals surface area (Å²) in [6.07, 6.45) is 0.847. The van der Waals surface area contributed by atoms with E-state index in [0.29, 0.717) is 24.7 Å². The van der Waals surface area contributed by atoms with Crippen molar-refractivity contribution in [1.29, 1.82) is 0 Å². The number of carbonyl (C=O) groups is 1. The van der Waals surface area contributed by atoms with E-state index < -0.39 is 5.82 Å². The summed E-state index contributed by atoms with van der Waals surface area (Å²) in [4.78, 5) is 12.9. The third-order valence-corrected chi connectivity index (χ3v) is 4.58. The number of anilines is 1. The first-order valence-corrected chi connectivity index (χ1v) is 8.75. The van der Waals surface area contributed by atoms with Gasteiger partial charge in [-0.2, -0.15) is 0 Å². The van der Waals surface area contributed by atoms with E-state index in [9.17, 15) is 9.18 Å². The number of amides is 1. The molecule has 7 heteroatoms. The number of hydrogen-bond donors (Lipinski definition) is 1. The van der Waals surface area contributed by atoms with Gasteiger partial charge in [-0.15, -0.1) is 11.8 Å². The molecule has 2 aromatic carbocycles. The van der Waals surface area contributed by atoms with Gasteiger partial charge in [-0.1, -0.05) is 11.6 Å². The van der Waals surface area contributed by atoms with Crippen molar-refractivity contribution in [2.24, 2.45) is 0 Å². The first-order valence-electron chi connectivity index (χ1n) is 7.39. The molecule has 0 unspecified atom stereocenters. The number of carbonyl (C=O) groups excluding carboxylic acids is 1. The summed E-state index contributed by atoms with van der Waals surface area (Å²) >= 11 is 7.07. The maximum absolute atomic E-state index is 13.1. The van der Waals surface area contributed by atoms with E-state index in [1.807, 2.05) is 18.2 Å². The van der Waals surface area contributed by atoms with E-state index in [4.69, 9.17) is 21.1 Å². The van der Waals surface area contributed by atoms with Crippen LogP contribution < -0.4 is 14.8 Å². The number of fused-ring (bicyclic) bond motifs is 1. The number of benzene rings is 2. The summed E-state index contributed by atoms with van der Waals surface area (Å²) < 4.78 is 24.3. The molecule has 0 saturated carbocycles. The maximum atomic E-state index is 13.1. The molecule has 0 atom stereocenters. The highest BCUT2D eigenvalue weighted by Gasteiger charge is 2.12. The number of nitrogens with one attached hydrogen (secondary N) is 1. The first-order chi connectivity index (χ1) is 11.6. The van der Waals surface area contributed by atoms with Gasteiger partial charge in [0.2, 0.25) is 5.91 Å². The van der Waals surface area contributed by atoms with Crippen LogP contribution in [0.2, 0.25) is 5.02 Å². The van der Waals surface area contributed by atoms with E-state index in [0.717, 1.165) is 17.1 Å². The molecule has 0 spiro atoms. The molecule has 1 aliphatic heterocycles. The van der Waals surface area contributed by atoms with Gasteiger partial charge in [0.15, 0.2) is 11.5 Å². The van der Waals surface area contributed by atoms with Crippen LogP contribution in [0.1, 0.15) is 6.42 Å². The lowest BCUT2D eigenvalue weighted by Crippen LogP contribution is -2.14. The fourth-order valence-electron chi connectivity index (χ4n) is 2.15. The number of hydrogen-bond acceptors (Lipinski definition) is 4. The molecule has 0 fully saturated rings. The van der Waals surface area contributed by atoms with Crippen LogP contribution >= 0.6 is 23.4 Å². The van der Waals surface area contributed by atoms with E-state index in [1.165, 1.54) is 30.0 Å². The summed E-state index contributed by atoms with van der Waals surface area (Å²) in [6.45, 7) is 1.26. The van der Waals surface area contributed by atoms with Gasteiger partial charge in [-0.25, -0.2) is 4.39 Å². The average Bonchev–Trinajstić information content (AvgIpc) is 2.81. The lowest BCUT2D eigenvalue weighted by molar-refractivity contribution is -0.113. The molecule has 0 aliphatic carbocycles. The first kappa shape index (κ1) is 16.9. The Hall–Kier alpha value is -1.92. The van der Waals surface area contributed by atoms with E-state index in [-0.39, 0.29) is 16.7 Å². The van der Waals surface area contributed by atoms with Crippen molar-refractivity contribution in [2.75, 3.05) is 24.3 Å². The molecular formula is C17H15ClFNO3S. The monoisotopic (exact) mass is 367 g/mol. The average molecular weight is 368 g/mol. The predicted octanol–water partition coefficient (Wildman–Crippen LogP) is 4.37. The quantitative estimate of drug-likeness (QED) is 0.815. The normalized spacial score (nSPS) is 13.2. The largest absolute Gasteiger partial charge is 0.490 e. The molecule has 1 heterocycles. The highest BCUT2D eigenvalue weighted by atomic mass is 35.5. The molecular weight excluding hydrogens is 353 g/mol. The fourth-order valence-corrected chi connectivity index (χ4v) is 3.06. The fraction of sp³-hybridized carbons (Fsp3) is 0.235. The van der Waals surface area contributed by atoms with Crippen molar-refractivity contribution in [2.45, 2.75) is 11.3 Å². The van der Waals surface area contributed by atoms with Gasteiger partial charge >= 0.3 is 0 Å². The predicted molar refractivity (Wildman–Crippen MR) is 92.8 cm³/mol. The van der Waals surface area contributed by atoms with Gasteiger partial charge in [-0.3, -0.25) is 4.79 Å². The Morgan fingerprint density at radius 3 is 2.75 bits per heavy atom. The number of thioether (sulfide) groups is 1. The zero-order valence-corrected chi connectivity index (χ0v) is 14.3. The maximum Gasteiger partial charge on any atom is 0.234 e. The zero-order valence-electron chi connectivity index (χ0n) is 12.7. The minimum atomic E-state index is -0.517. The third-order valence-electron chi connectivity index (χ3n) is 3.29. The zero-order chi connectivity index (χ0) is 16.9. The van der Waals surface area contributed by atoms with Crippen LogP contribution in [0.25, 0.3) is 0 Å².